The lowest BCUT2D eigenvalue weighted by Crippen LogP contribution is -2.10. The zero-order valence-corrected chi connectivity index (χ0v) is 10.6. The van der Waals surface area contributed by atoms with Crippen molar-refractivity contribution in [2.24, 2.45) is 0 Å². The Balaban J connectivity index is 2.51. The van der Waals surface area contributed by atoms with Crippen molar-refractivity contribution < 1.29 is 5.11 Å². The fraction of sp³-hybridized carbons (Fsp3) is 0.500. The lowest BCUT2D eigenvalue weighted by atomic mass is 10.2. The highest BCUT2D eigenvalue weighted by Gasteiger charge is 2.14. The number of aliphatic hydroxyl groups is 1. The van der Waals surface area contributed by atoms with Crippen molar-refractivity contribution in [1.29, 1.82) is 0 Å². The molecule has 1 unspecified atom stereocenters. The monoisotopic (exact) mass is 232 g/mol. The van der Waals surface area contributed by atoms with Gasteiger partial charge in [0.15, 0.2) is 0 Å². The van der Waals surface area contributed by atoms with Crippen LogP contribution in [0.2, 0.25) is 0 Å². The van der Waals surface area contributed by atoms with Crippen LogP contribution in [0, 0.1) is 0 Å². The van der Waals surface area contributed by atoms with Crippen LogP contribution in [0.5, 0.6) is 0 Å². The van der Waals surface area contributed by atoms with Crippen molar-refractivity contribution in [3.8, 4) is 0 Å². The van der Waals surface area contributed by atoms with Crippen LogP contribution in [-0.2, 0) is 6.42 Å². The van der Waals surface area contributed by atoms with E-state index < -0.39 is 0 Å². The summed E-state index contributed by atoms with van der Waals surface area (Å²) < 4.78 is 2.27. The molecule has 3 nitrogen and oxygen atoms in total. The molecule has 0 aliphatic heterocycles. The molecule has 0 amide bonds. The van der Waals surface area contributed by atoms with Crippen molar-refractivity contribution >= 4 is 11.0 Å². The lowest BCUT2D eigenvalue weighted by Gasteiger charge is -2.16. The number of hydrogen-bond acceptors (Lipinski definition) is 2. The molecule has 1 N–H and O–H groups in total. The molecule has 1 aromatic heterocycles. The molecule has 0 radical (unpaired) electrons. The van der Waals surface area contributed by atoms with Gasteiger partial charge in [-0.3, -0.25) is 0 Å². The summed E-state index contributed by atoms with van der Waals surface area (Å²) in [6, 6.07) is 8.63. The summed E-state index contributed by atoms with van der Waals surface area (Å²) in [6.07, 6.45) is 2.92. The number of aliphatic hydroxyl groups excluding tert-OH is 1. The van der Waals surface area contributed by atoms with Crippen LogP contribution in [0.1, 0.15) is 38.6 Å². The quantitative estimate of drug-likeness (QED) is 0.860. The maximum Gasteiger partial charge on any atom is 0.112 e. The van der Waals surface area contributed by atoms with Crippen LogP contribution in [0.4, 0.5) is 0 Å². The van der Waals surface area contributed by atoms with Crippen molar-refractivity contribution in [1.82, 2.24) is 9.55 Å². The summed E-state index contributed by atoms with van der Waals surface area (Å²) in [7, 11) is 0. The Kier molecular flexibility index (Phi) is 3.79. The minimum absolute atomic E-state index is 0.155. The number of imidazole rings is 1. The van der Waals surface area contributed by atoms with Crippen LogP contribution in [-0.4, -0.2) is 21.3 Å². The third-order valence-electron chi connectivity index (χ3n) is 3.15. The molecule has 3 heteroatoms. The van der Waals surface area contributed by atoms with Gasteiger partial charge < -0.3 is 9.67 Å². The van der Waals surface area contributed by atoms with Crippen molar-refractivity contribution in [3.05, 3.63) is 30.1 Å². The zero-order chi connectivity index (χ0) is 12.3. The molecule has 2 rings (SSSR count). The van der Waals surface area contributed by atoms with Gasteiger partial charge >= 0.3 is 0 Å². The molecular weight excluding hydrogens is 212 g/mol. The fourth-order valence-corrected chi connectivity index (χ4v) is 2.41. The predicted molar refractivity (Wildman–Crippen MR) is 70.1 cm³/mol. The van der Waals surface area contributed by atoms with E-state index in [0.717, 1.165) is 24.2 Å². The summed E-state index contributed by atoms with van der Waals surface area (Å²) in [5.74, 6) is 0.995. The maximum absolute atomic E-state index is 9.13. The standard InChI is InChI=1S/C14H20N2O/c1-3-6-11(2)16-13-8-5-4-7-12(13)15-14(16)9-10-17/h4-5,7-8,11,17H,3,6,9-10H2,1-2H3. The molecule has 1 aromatic carbocycles. The normalized spacial score (nSPS) is 13.1. The molecule has 0 saturated carbocycles. The van der Waals surface area contributed by atoms with Crippen LogP contribution in [0.3, 0.4) is 0 Å². The molecule has 2 aromatic rings. The highest BCUT2D eigenvalue weighted by atomic mass is 16.3. The van der Waals surface area contributed by atoms with E-state index in [9.17, 15) is 0 Å². The second-order valence-corrected chi connectivity index (χ2v) is 4.50. The van der Waals surface area contributed by atoms with E-state index in [1.807, 2.05) is 18.2 Å². The molecule has 0 aliphatic carbocycles. The Hall–Kier alpha value is -1.35. The Morgan fingerprint density at radius 1 is 1.35 bits per heavy atom. The van der Waals surface area contributed by atoms with E-state index in [1.54, 1.807) is 0 Å². The largest absolute Gasteiger partial charge is 0.396 e. The average Bonchev–Trinajstić information content (AvgIpc) is 2.67. The second-order valence-electron chi connectivity index (χ2n) is 4.50. The van der Waals surface area contributed by atoms with Gasteiger partial charge in [-0.05, 0) is 25.5 Å². The first kappa shape index (κ1) is 12.1. The Morgan fingerprint density at radius 3 is 2.82 bits per heavy atom. The van der Waals surface area contributed by atoms with E-state index in [-0.39, 0.29) is 6.61 Å². The van der Waals surface area contributed by atoms with Gasteiger partial charge in [0, 0.05) is 12.5 Å². The van der Waals surface area contributed by atoms with Crippen molar-refractivity contribution in [2.75, 3.05) is 6.61 Å². The van der Waals surface area contributed by atoms with Gasteiger partial charge in [0.25, 0.3) is 0 Å². The van der Waals surface area contributed by atoms with E-state index >= 15 is 0 Å². The minimum atomic E-state index is 0.155. The first-order valence-electron chi connectivity index (χ1n) is 6.34. The molecule has 17 heavy (non-hydrogen) atoms. The molecule has 0 bridgehead atoms. The number of hydrogen-bond donors (Lipinski definition) is 1. The smallest absolute Gasteiger partial charge is 0.112 e. The van der Waals surface area contributed by atoms with Gasteiger partial charge in [-0.25, -0.2) is 4.98 Å². The number of para-hydroxylation sites is 2. The highest BCUT2D eigenvalue weighted by molar-refractivity contribution is 5.76. The van der Waals surface area contributed by atoms with E-state index in [0.29, 0.717) is 12.5 Å². The Bertz CT molecular complexity index is 490. The summed E-state index contributed by atoms with van der Waals surface area (Å²) in [5, 5.41) is 9.13. The van der Waals surface area contributed by atoms with Gasteiger partial charge in [-0.1, -0.05) is 25.5 Å². The third-order valence-corrected chi connectivity index (χ3v) is 3.15. The van der Waals surface area contributed by atoms with E-state index in [1.165, 1.54) is 5.52 Å². The summed E-state index contributed by atoms with van der Waals surface area (Å²) in [5.41, 5.74) is 2.20. The molecule has 92 valence electrons. The van der Waals surface area contributed by atoms with Gasteiger partial charge in [0.2, 0.25) is 0 Å². The Labute approximate surface area is 102 Å². The average molecular weight is 232 g/mol. The highest BCUT2D eigenvalue weighted by Crippen LogP contribution is 2.24. The number of benzene rings is 1. The molecular formula is C14H20N2O. The first-order valence-corrected chi connectivity index (χ1v) is 6.34. The molecule has 0 fully saturated rings. The van der Waals surface area contributed by atoms with Crippen LogP contribution >= 0.6 is 0 Å². The minimum Gasteiger partial charge on any atom is -0.396 e. The summed E-state index contributed by atoms with van der Waals surface area (Å²) >= 11 is 0. The number of nitrogens with zero attached hydrogens (tertiary/aromatic N) is 2. The van der Waals surface area contributed by atoms with Crippen LogP contribution < -0.4 is 0 Å². The van der Waals surface area contributed by atoms with Gasteiger partial charge in [-0.2, -0.15) is 0 Å². The topological polar surface area (TPSA) is 38.0 Å². The number of aromatic nitrogens is 2. The predicted octanol–water partition coefficient (Wildman–Crippen LogP) is 2.93. The second kappa shape index (κ2) is 5.32. The molecule has 0 aliphatic rings. The number of rotatable bonds is 5. The molecule has 1 atom stereocenters. The van der Waals surface area contributed by atoms with Crippen LogP contribution in [0.15, 0.2) is 24.3 Å². The van der Waals surface area contributed by atoms with Gasteiger partial charge in [-0.15, -0.1) is 0 Å². The van der Waals surface area contributed by atoms with E-state index in [2.05, 4.69) is 29.5 Å². The number of fused-ring (bicyclic) bond motifs is 1. The molecule has 0 spiro atoms. The molecule has 0 saturated heterocycles. The van der Waals surface area contributed by atoms with E-state index in [4.69, 9.17) is 5.11 Å². The summed E-state index contributed by atoms with van der Waals surface area (Å²) in [6.45, 7) is 4.57. The van der Waals surface area contributed by atoms with Crippen molar-refractivity contribution in [2.45, 2.75) is 39.2 Å². The SMILES string of the molecule is CCCC(C)n1c(CCO)nc2ccccc21. The zero-order valence-electron chi connectivity index (χ0n) is 10.6. The van der Waals surface area contributed by atoms with Gasteiger partial charge in [0.1, 0.15) is 5.82 Å². The Morgan fingerprint density at radius 2 is 2.12 bits per heavy atom. The third kappa shape index (κ3) is 2.34. The van der Waals surface area contributed by atoms with Crippen LogP contribution in [0.25, 0.3) is 11.0 Å². The first-order chi connectivity index (χ1) is 8.27. The maximum atomic E-state index is 9.13. The summed E-state index contributed by atoms with van der Waals surface area (Å²) in [4.78, 5) is 4.61. The van der Waals surface area contributed by atoms with Gasteiger partial charge in [0.05, 0.1) is 17.6 Å². The lowest BCUT2D eigenvalue weighted by molar-refractivity contribution is 0.293. The molecule has 1 heterocycles. The fourth-order valence-electron chi connectivity index (χ4n) is 2.41. The van der Waals surface area contributed by atoms with Crippen molar-refractivity contribution in [3.63, 3.8) is 0 Å².